The van der Waals surface area contributed by atoms with Gasteiger partial charge >= 0.3 is 0 Å². The first-order valence-electron chi connectivity index (χ1n) is 11.3. The molecule has 0 fully saturated rings. The van der Waals surface area contributed by atoms with Crippen molar-refractivity contribution in [1.82, 2.24) is 4.90 Å². The Labute approximate surface area is 170 Å². The minimum atomic E-state index is -0.606. The van der Waals surface area contributed by atoms with Crippen molar-refractivity contribution in [3.05, 3.63) is 35.4 Å². The highest BCUT2D eigenvalue weighted by atomic mass is 16.2. The number of unbranched alkanes of at least 4 members (excludes halogenated alkanes) is 10. The molecule has 0 bridgehead atoms. The van der Waals surface area contributed by atoms with Crippen molar-refractivity contribution in [2.45, 2.75) is 96.4 Å². The van der Waals surface area contributed by atoms with Crippen molar-refractivity contribution >= 4 is 11.8 Å². The van der Waals surface area contributed by atoms with Crippen molar-refractivity contribution in [2.75, 3.05) is 6.54 Å². The molecular weight excluding hydrogens is 348 g/mol. The van der Waals surface area contributed by atoms with Crippen LogP contribution in [0, 0.1) is 0 Å². The molecule has 0 aromatic heterocycles. The number of amides is 2. The monoisotopic (exact) mass is 386 g/mol. The first kappa shape index (κ1) is 22.4. The van der Waals surface area contributed by atoms with Gasteiger partial charge in [-0.15, -0.1) is 0 Å². The zero-order valence-corrected chi connectivity index (χ0v) is 17.6. The number of hydrogen-bond donors (Lipinski definition) is 1. The Morgan fingerprint density at radius 2 is 1.50 bits per heavy atom. The Hall–Kier alpha value is -1.84. The molecule has 0 spiro atoms. The maximum atomic E-state index is 12.7. The molecule has 4 nitrogen and oxygen atoms in total. The molecular formula is C24H38N2O2. The topological polar surface area (TPSA) is 63.4 Å². The summed E-state index contributed by atoms with van der Waals surface area (Å²) in [5, 5.41) is 0. The van der Waals surface area contributed by atoms with E-state index >= 15 is 0 Å². The van der Waals surface area contributed by atoms with Gasteiger partial charge in [0.1, 0.15) is 6.04 Å². The fraction of sp³-hybridized carbons (Fsp3) is 0.667. The van der Waals surface area contributed by atoms with Gasteiger partial charge in [-0.1, -0.05) is 95.4 Å². The van der Waals surface area contributed by atoms with Gasteiger partial charge in [-0.3, -0.25) is 9.59 Å². The Morgan fingerprint density at radius 1 is 0.929 bits per heavy atom. The highest BCUT2D eigenvalue weighted by Crippen LogP contribution is 2.30. The van der Waals surface area contributed by atoms with Crippen molar-refractivity contribution in [1.29, 1.82) is 0 Å². The first-order valence-corrected chi connectivity index (χ1v) is 11.3. The summed E-state index contributed by atoms with van der Waals surface area (Å²) in [4.78, 5) is 26.4. The third-order valence-electron chi connectivity index (χ3n) is 5.87. The molecule has 2 N–H and O–H groups in total. The van der Waals surface area contributed by atoms with Gasteiger partial charge in [-0.25, -0.2) is 0 Å². The third kappa shape index (κ3) is 6.96. The quantitative estimate of drug-likeness (QED) is 0.468. The number of hydrogen-bond acceptors (Lipinski definition) is 2. The molecule has 1 aromatic rings. The molecule has 2 rings (SSSR count). The molecule has 1 aliphatic heterocycles. The van der Waals surface area contributed by atoms with E-state index < -0.39 is 11.9 Å². The molecule has 0 aliphatic carbocycles. The number of rotatable bonds is 13. The zero-order chi connectivity index (χ0) is 20.2. The third-order valence-corrected chi connectivity index (χ3v) is 5.87. The summed E-state index contributed by atoms with van der Waals surface area (Å²) >= 11 is 0. The lowest BCUT2D eigenvalue weighted by atomic mass is 9.91. The first-order chi connectivity index (χ1) is 13.6. The lowest BCUT2D eigenvalue weighted by Gasteiger charge is -2.35. The van der Waals surface area contributed by atoms with Crippen LogP contribution in [-0.4, -0.2) is 23.3 Å². The molecule has 4 heteroatoms. The standard InChI is InChI=1S/C24H38N2O2/c1-2-3-4-5-6-7-8-9-10-11-12-17-22(27)26-19-18-20-15-13-14-16-21(20)23(26)24(25)28/h13-16,23H,2-12,17-19H2,1H3,(H2,25,28). The second-order valence-corrected chi connectivity index (χ2v) is 8.13. The molecule has 0 saturated heterocycles. The van der Waals surface area contributed by atoms with Gasteiger partial charge in [-0.05, 0) is 24.0 Å². The molecule has 1 aliphatic rings. The Bertz CT molecular complexity index is 614. The summed E-state index contributed by atoms with van der Waals surface area (Å²) in [5.74, 6) is -0.367. The Morgan fingerprint density at radius 3 is 2.11 bits per heavy atom. The van der Waals surface area contributed by atoms with Crippen molar-refractivity contribution in [3.8, 4) is 0 Å². The second kappa shape index (κ2) is 12.6. The number of primary amides is 1. The fourth-order valence-corrected chi connectivity index (χ4v) is 4.23. The van der Waals surface area contributed by atoms with Gasteiger partial charge in [0.25, 0.3) is 0 Å². The fourth-order valence-electron chi connectivity index (χ4n) is 4.23. The van der Waals surface area contributed by atoms with E-state index in [9.17, 15) is 9.59 Å². The van der Waals surface area contributed by atoms with E-state index in [2.05, 4.69) is 6.92 Å². The molecule has 2 amide bonds. The van der Waals surface area contributed by atoms with Crippen molar-refractivity contribution < 1.29 is 9.59 Å². The van der Waals surface area contributed by atoms with Gasteiger partial charge in [0.05, 0.1) is 0 Å². The average molecular weight is 387 g/mol. The molecule has 0 saturated carbocycles. The van der Waals surface area contributed by atoms with Crippen LogP contribution >= 0.6 is 0 Å². The van der Waals surface area contributed by atoms with Crippen LogP contribution in [0.2, 0.25) is 0 Å². The molecule has 1 unspecified atom stereocenters. The SMILES string of the molecule is CCCCCCCCCCCCCC(=O)N1CCc2ccccc2C1C(N)=O. The molecule has 0 radical (unpaired) electrons. The van der Waals surface area contributed by atoms with Gasteiger partial charge in [0.2, 0.25) is 11.8 Å². The summed E-state index contributed by atoms with van der Waals surface area (Å²) in [5.41, 5.74) is 7.66. The van der Waals surface area contributed by atoms with Gasteiger partial charge in [0.15, 0.2) is 0 Å². The van der Waals surface area contributed by atoms with E-state index in [1.807, 2.05) is 24.3 Å². The largest absolute Gasteiger partial charge is 0.368 e. The second-order valence-electron chi connectivity index (χ2n) is 8.13. The lowest BCUT2D eigenvalue weighted by Crippen LogP contribution is -2.45. The van der Waals surface area contributed by atoms with Crippen LogP contribution in [-0.2, 0) is 16.0 Å². The van der Waals surface area contributed by atoms with E-state index in [0.29, 0.717) is 13.0 Å². The zero-order valence-electron chi connectivity index (χ0n) is 17.6. The van der Waals surface area contributed by atoms with Crippen molar-refractivity contribution in [3.63, 3.8) is 0 Å². The summed E-state index contributed by atoms with van der Waals surface area (Å²) in [6, 6.07) is 7.22. The summed E-state index contributed by atoms with van der Waals surface area (Å²) in [6.45, 7) is 2.84. The minimum Gasteiger partial charge on any atom is -0.368 e. The molecule has 156 valence electrons. The summed E-state index contributed by atoms with van der Waals surface area (Å²) in [7, 11) is 0. The van der Waals surface area contributed by atoms with Crippen LogP contribution in [0.25, 0.3) is 0 Å². The number of benzene rings is 1. The number of nitrogens with two attached hydrogens (primary N) is 1. The van der Waals surface area contributed by atoms with Gasteiger partial charge < -0.3 is 10.6 Å². The maximum absolute atomic E-state index is 12.7. The molecule has 1 atom stereocenters. The number of carbonyl (C=O) groups excluding carboxylic acids is 2. The number of fused-ring (bicyclic) bond motifs is 1. The van der Waals surface area contributed by atoms with Crippen LogP contribution < -0.4 is 5.73 Å². The van der Waals surface area contributed by atoms with E-state index in [1.54, 1.807) is 4.90 Å². The molecule has 1 heterocycles. The Kier molecular flexibility index (Phi) is 10.1. The van der Waals surface area contributed by atoms with Crippen LogP contribution in [0.3, 0.4) is 0 Å². The van der Waals surface area contributed by atoms with Crippen molar-refractivity contribution in [2.24, 2.45) is 5.73 Å². The van der Waals surface area contributed by atoms with E-state index in [1.165, 1.54) is 57.8 Å². The van der Waals surface area contributed by atoms with Gasteiger partial charge in [-0.2, -0.15) is 0 Å². The smallest absolute Gasteiger partial charge is 0.244 e. The lowest BCUT2D eigenvalue weighted by molar-refractivity contribution is -0.140. The normalized spacial score (nSPS) is 16.0. The van der Waals surface area contributed by atoms with E-state index in [4.69, 9.17) is 5.73 Å². The maximum Gasteiger partial charge on any atom is 0.244 e. The van der Waals surface area contributed by atoms with E-state index in [-0.39, 0.29) is 5.91 Å². The van der Waals surface area contributed by atoms with Crippen LogP contribution in [0.15, 0.2) is 24.3 Å². The van der Waals surface area contributed by atoms with E-state index in [0.717, 1.165) is 30.4 Å². The summed E-state index contributed by atoms with van der Waals surface area (Å²) in [6.07, 6.45) is 15.2. The minimum absolute atomic E-state index is 0.0641. The molecule has 28 heavy (non-hydrogen) atoms. The highest BCUT2D eigenvalue weighted by molar-refractivity contribution is 5.88. The number of carbonyl (C=O) groups is 2. The average Bonchev–Trinajstić information content (AvgIpc) is 2.70. The van der Waals surface area contributed by atoms with Crippen LogP contribution in [0.4, 0.5) is 0 Å². The predicted octanol–water partition coefficient (Wildman–Crippen LogP) is 5.30. The van der Waals surface area contributed by atoms with Crippen LogP contribution in [0.1, 0.15) is 101 Å². The number of nitrogens with zero attached hydrogens (tertiary/aromatic N) is 1. The van der Waals surface area contributed by atoms with Crippen LogP contribution in [0.5, 0.6) is 0 Å². The van der Waals surface area contributed by atoms with Gasteiger partial charge in [0, 0.05) is 13.0 Å². The summed E-state index contributed by atoms with van der Waals surface area (Å²) < 4.78 is 0. The highest BCUT2D eigenvalue weighted by Gasteiger charge is 2.33. The predicted molar refractivity (Wildman–Crippen MR) is 115 cm³/mol. The molecule has 1 aromatic carbocycles. The Balaban J connectivity index is 1.64.